The molecular formula is C19H29N9O2. The molecule has 2 rings (SSSR count). The number of hydrogen-bond donors (Lipinski definition) is 4. The van der Waals surface area contributed by atoms with Gasteiger partial charge in [-0.05, 0) is 34.1 Å². The van der Waals surface area contributed by atoms with Crippen molar-refractivity contribution in [2.24, 2.45) is 23.2 Å². The highest BCUT2D eigenvalue weighted by molar-refractivity contribution is 5.93. The van der Waals surface area contributed by atoms with E-state index in [2.05, 4.69) is 62.8 Å². The van der Waals surface area contributed by atoms with Crippen molar-refractivity contribution in [1.29, 1.82) is 0 Å². The third kappa shape index (κ3) is 4.81. The summed E-state index contributed by atoms with van der Waals surface area (Å²) in [4.78, 5) is 27.2. The van der Waals surface area contributed by atoms with Crippen molar-refractivity contribution < 1.29 is 9.59 Å². The standard InChI is InChI=1S/C19H29N9O2/c1-18(2,3)11-7-10(8-12(9-11)19(4,5)6)13-14(27(22)15(20)29)24-17(26-25-13)28(23)16(21)30/h7-9H,22-23H2,1-6H3,(H2,20,29)(H2,21,30). The quantitative estimate of drug-likeness (QED) is 0.333. The monoisotopic (exact) mass is 415 g/mol. The average molecular weight is 416 g/mol. The molecule has 0 aliphatic carbocycles. The van der Waals surface area contributed by atoms with Gasteiger partial charge in [0, 0.05) is 5.56 Å². The van der Waals surface area contributed by atoms with E-state index in [1.54, 1.807) is 0 Å². The fourth-order valence-electron chi connectivity index (χ4n) is 2.60. The van der Waals surface area contributed by atoms with E-state index in [-0.39, 0.29) is 28.3 Å². The number of amides is 4. The second-order valence-corrected chi connectivity index (χ2v) is 9.00. The predicted octanol–water partition coefficient (Wildman–Crippen LogP) is 1.65. The van der Waals surface area contributed by atoms with Gasteiger partial charge in [-0.1, -0.05) is 47.6 Å². The number of primary amides is 2. The molecule has 0 saturated heterocycles. The van der Waals surface area contributed by atoms with E-state index in [1.165, 1.54) is 0 Å². The SMILES string of the molecule is CC(C)(C)c1cc(-c2nnc(N(N)C(N)=O)nc2N(N)C(N)=O)cc(C(C)(C)C)c1. The fraction of sp³-hybridized carbons (Fsp3) is 0.421. The van der Waals surface area contributed by atoms with Gasteiger partial charge >= 0.3 is 12.1 Å². The molecule has 1 heterocycles. The summed E-state index contributed by atoms with van der Waals surface area (Å²) in [6.07, 6.45) is 0. The first-order chi connectivity index (χ1) is 13.6. The molecule has 0 unspecified atom stereocenters. The molecule has 30 heavy (non-hydrogen) atoms. The minimum atomic E-state index is -1.01. The molecule has 11 heteroatoms. The number of hydrogen-bond acceptors (Lipinski definition) is 7. The first kappa shape index (κ1) is 23.0. The second-order valence-electron chi connectivity index (χ2n) is 9.00. The van der Waals surface area contributed by atoms with Gasteiger partial charge in [-0.3, -0.25) is 0 Å². The van der Waals surface area contributed by atoms with Crippen LogP contribution in [0, 0.1) is 0 Å². The first-order valence-electron chi connectivity index (χ1n) is 9.22. The van der Waals surface area contributed by atoms with E-state index in [1.807, 2.05) is 12.1 Å². The van der Waals surface area contributed by atoms with Crippen LogP contribution in [-0.2, 0) is 10.8 Å². The molecule has 162 valence electrons. The predicted molar refractivity (Wildman–Crippen MR) is 115 cm³/mol. The molecule has 11 nitrogen and oxygen atoms in total. The molecule has 0 aliphatic rings. The maximum atomic E-state index is 11.7. The molecule has 0 spiro atoms. The van der Waals surface area contributed by atoms with E-state index in [9.17, 15) is 9.59 Å². The number of hydrazine groups is 2. The summed E-state index contributed by atoms with van der Waals surface area (Å²) < 4.78 is 0. The highest BCUT2D eigenvalue weighted by atomic mass is 16.2. The molecular weight excluding hydrogens is 386 g/mol. The highest BCUT2D eigenvalue weighted by Gasteiger charge is 2.26. The number of carbonyl (C=O) groups excluding carboxylic acids is 2. The van der Waals surface area contributed by atoms with Crippen LogP contribution in [0.25, 0.3) is 11.3 Å². The van der Waals surface area contributed by atoms with Gasteiger partial charge in [-0.15, -0.1) is 10.2 Å². The Morgan fingerprint density at radius 3 is 1.67 bits per heavy atom. The van der Waals surface area contributed by atoms with Gasteiger partial charge in [-0.2, -0.15) is 9.99 Å². The number of anilines is 2. The minimum Gasteiger partial charge on any atom is -0.350 e. The van der Waals surface area contributed by atoms with E-state index >= 15 is 0 Å². The topological polar surface area (TPSA) is 183 Å². The molecule has 0 atom stereocenters. The van der Waals surface area contributed by atoms with Gasteiger partial charge in [0.05, 0.1) is 0 Å². The summed E-state index contributed by atoms with van der Waals surface area (Å²) in [5.41, 5.74) is 13.1. The number of urea groups is 2. The van der Waals surface area contributed by atoms with Gasteiger partial charge in [0.2, 0.25) is 0 Å². The zero-order valence-corrected chi connectivity index (χ0v) is 18.1. The Balaban J connectivity index is 2.82. The number of carbonyl (C=O) groups is 2. The van der Waals surface area contributed by atoms with Crippen LogP contribution < -0.4 is 33.2 Å². The van der Waals surface area contributed by atoms with Crippen LogP contribution in [0.3, 0.4) is 0 Å². The Morgan fingerprint density at radius 2 is 1.27 bits per heavy atom. The highest BCUT2D eigenvalue weighted by Crippen LogP contribution is 2.35. The summed E-state index contributed by atoms with van der Waals surface area (Å²) in [6.45, 7) is 12.5. The van der Waals surface area contributed by atoms with Gasteiger partial charge in [0.25, 0.3) is 5.95 Å². The summed E-state index contributed by atoms with van der Waals surface area (Å²) in [7, 11) is 0. The van der Waals surface area contributed by atoms with Crippen molar-refractivity contribution >= 4 is 23.8 Å². The first-order valence-corrected chi connectivity index (χ1v) is 9.22. The molecule has 2 aromatic rings. The summed E-state index contributed by atoms with van der Waals surface area (Å²) in [5, 5.41) is 9.10. The molecule has 8 N–H and O–H groups in total. The summed E-state index contributed by atoms with van der Waals surface area (Å²) >= 11 is 0. The normalized spacial score (nSPS) is 11.9. The Labute approximate surface area is 175 Å². The molecule has 0 fully saturated rings. The van der Waals surface area contributed by atoms with Gasteiger partial charge in [-0.25, -0.2) is 26.3 Å². The number of benzene rings is 1. The molecule has 1 aromatic heterocycles. The zero-order valence-electron chi connectivity index (χ0n) is 18.1. The lowest BCUT2D eigenvalue weighted by Gasteiger charge is -2.26. The van der Waals surface area contributed by atoms with Crippen LogP contribution in [0.5, 0.6) is 0 Å². The van der Waals surface area contributed by atoms with Crippen molar-refractivity contribution in [2.75, 3.05) is 10.0 Å². The Bertz CT molecular complexity index is 945. The third-order valence-corrected chi connectivity index (χ3v) is 4.51. The fourth-order valence-corrected chi connectivity index (χ4v) is 2.60. The zero-order chi connectivity index (χ0) is 23.0. The maximum absolute atomic E-state index is 11.7. The van der Waals surface area contributed by atoms with E-state index in [0.29, 0.717) is 15.6 Å². The van der Waals surface area contributed by atoms with Gasteiger partial charge in [0.1, 0.15) is 5.69 Å². The van der Waals surface area contributed by atoms with E-state index in [4.69, 9.17) is 23.2 Å². The molecule has 4 amide bonds. The van der Waals surface area contributed by atoms with Crippen LogP contribution in [0.1, 0.15) is 52.7 Å². The lowest BCUT2D eigenvalue weighted by atomic mass is 9.79. The number of rotatable bonds is 3. The van der Waals surface area contributed by atoms with E-state index in [0.717, 1.165) is 11.1 Å². The lowest BCUT2D eigenvalue weighted by Crippen LogP contribution is -2.45. The smallest absolute Gasteiger partial charge is 0.336 e. The molecule has 0 saturated carbocycles. The lowest BCUT2D eigenvalue weighted by molar-refractivity contribution is 0.253. The molecule has 0 aliphatic heterocycles. The van der Waals surface area contributed by atoms with Crippen molar-refractivity contribution in [3.05, 3.63) is 29.3 Å². The Kier molecular flexibility index (Phi) is 6.00. The molecule has 0 radical (unpaired) electrons. The van der Waals surface area contributed by atoms with Gasteiger partial charge < -0.3 is 11.5 Å². The molecule has 0 bridgehead atoms. The van der Waals surface area contributed by atoms with Gasteiger partial charge in [0.15, 0.2) is 5.82 Å². The van der Waals surface area contributed by atoms with Crippen LogP contribution in [0.2, 0.25) is 0 Å². The van der Waals surface area contributed by atoms with Crippen molar-refractivity contribution in [1.82, 2.24) is 15.2 Å². The van der Waals surface area contributed by atoms with Crippen LogP contribution in [-0.4, -0.2) is 27.2 Å². The maximum Gasteiger partial charge on any atom is 0.336 e. The van der Waals surface area contributed by atoms with Crippen LogP contribution in [0.4, 0.5) is 21.4 Å². The van der Waals surface area contributed by atoms with E-state index < -0.39 is 12.1 Å². The van der Waals surface area contributed by atoms with Crippen LogP contribution >= 0.6 is 0 Å². The second kappa shape index (κ2) is 7.84. The summed E-state index contributed by atoms with van der Waals surface area (Å²) in [6, 6.07) is 3.98. The van der Waals surface area contributed by atoms with Crippen molar-refractivity contribution in [3.63, 3.8) is 0 Å². The number of nitrogens with zero attached hydrogens (tertiary/aromatic N) is 5. The number of aromatic nitrogens is 3. The Hall–Kier alpha value is -3.31. The average Bonchev–Trinajstić information content (AvgIpc) is 2.64. The summed E-state index contributed by atoms with van der Waals surface area (Å²) in [5.74, 6) is 10.9. The number of nitrogens with two attached hydrogens (primary N) is 4. The van der Waals surface area contributed by atoms with Crippen molar-refractivity contribution in [3.8, 4) is 11.3 Å². The minimum absolute atomic E-state index is 0.116. The van der Waals surface area contributed by atoms with Crippen molar-refractivity contribution in [2.45, 2.75) is 52.4 Å². The third-order valence-electron chi connectivity index (χ3n) is 4.51. The molecule has 1 aromatic carbocycles. The Morgan fingerprint density at radius 1 is 0.800 bits per heavy atom. The largest absolute Gasteiger partial charge is 0.350 e. The van der Waals surface area contributed by atoms with Crippen LogP contribution in [0.15, 0.2) is 18.2 Å².